The molecule has 0 saturated heterocycles. The highest BCUT2D eigenvalue weighted by atomic mass is 16.4. The molecule has 0 fully saturated rings. The third kappa shape index (κ3) is 4.78. The van der Waals surface area contributed by atoms with Gasteiger partial charge in [0.25, 0.3) is 0 Å². The molecule has 0 saturated carbocycles. The average molecular weight is 204 g/mol. The molecule has 0 spiro atoms. The zero-order valence-corrected chi connectivity index (χ0v) is 8.06. The summed E-state index contributed by atoms with van der Waals surface area (Å²) in [5, 5.41) is 19.6. The first-order valence-corrected chi connectivity index (χ1v) is 4.39. The van der Waals surface area contributed by atoms with Crippen molar-refractivity contribution in [1.29, 1.82) is 0 Å². The molecule has 0 aliphatic carbocycles. The summed E-state index contributed by atoms with van der Waals surface area (Å²) in [7, 11) is 0. The number of carboxylic acid groups (broad SMARTS) is 1. The fourth-order valence-electron chi connectivity index (χ4n) is 0.866. The second-order valence-corrected chi connectivity index (χ2v) is 3.00. The number of amides is 1. The van der Waals surface area contributed by atoms with Crippen LogP contribution in [0.1, 0.15) is 19.8 Å². The summed E-state index contributed by atoms with van der Waals surface area (Å²) in [6.07, 6.45) is 0.162. The second-order valence-electron chi connectivity index (χ2n) is 3.00. The third-order valence-electron chi connectivity index (χ3n) is 1.79. The van der Waals surface area contributed by atoms with Crippen LogP contribution >= 0.6 is 0 Å². The van der Waals surface area contributed by atoms with Crippen molar-refractivity contribution in [3.05, 3.63) is 0 Å². The number of carbonyl (C=O) groups is 2. The number of nitrogens with one attached hydrogen (secondary N) is 1. The number of nitrogens with two attached hydrogens (primary N) is 1. The van der Waals surface area contributed by atoms with Gasteiger partial charge in [0, 0.05) is 0 Å². The van der Waals surface area contributed by atoms with Crippen LogP contribution in [0.4, 0.5) is 0 Å². The van der Waals surface area contributed by atoms with E-state index >= 15 is 0 Å². The summed E-state index contributed by atoms with van der Waals surface area (Å²) in [5.41, 5.74) is 5.30. The highest BCUT2D eigenvalue weighted by Gasteiger charge is 2.18. The Balaban J connectivity index is 3.99. The molecular formula is C8H16N2O4. The molecule has 0 bridgehead atoms. The number of rotatable bonds is 6. The van der Waals surface area contributed by atoms with E-state index in [0.717, 1.165) is 0 Å². The van der Waals surface area contributed by atoms with Crippen LogP contribution in [0.3, 0.4) is 0 Å². The monoisotopic (exact) mass is 204 g/mol. The molecule has 0 aromatic rings. The molecule has 0 radical (unpaired) electrons. The Morgan fingerprint density at radius 1 is 1.50 bits per heavy atom. The Bertz CT molecular complexity index is 204. The molecule has 0 aliphatic heterocycles. The van der Waals surface area contributed by atoms with Crippen LogP contribution in [-0.4, -0.2) is 40.8 Å². The molecule has 1 unspecified atom stereocenters. The molecule has 0 rings (SSSR count). The van der Waals surface area contributed by atoms with Crippen LogP contribution in [0.15, 0.2) is 0 Å². The minimum Gasteiger partial charge on any atom is -0.481 e. The molecule has 6 nitrogen and oxygen atoms in total. The Labute approximate surface area is 82.1 Å². The van der Waals surface area contributed by atoms with Gasteiger partial charge in [0.2, 0.25) is 5.91 Å². The molecule has 0 aliphatic rings. The lowest BCUT2D eigenvalue weighted by Crippen LogP contribution is -2.47. The zero-order chi connectivity index (χ0) is 11.1. The smallest absolute Gasteiger partial charge is 0.305 e. The van der Waals surface area contributed by atoms with E-state index < -0.39 is 24.3 Å². The van der Waals surface area contributed by atoms with Gasteiger partial charge in [-0.1, -0.05) is 6.92 Å². The lowest BCUT2D eigenvalue weighted by molar-refractivity contribution is -0.139. The van der Waals surface area contributed by atoms with Gasteiger partial charge in [-0.2, -0.15) is 0 Å². The quantitative estimate of drug-likeness (QED) is 0.428. The van der Waals surface area contributed by atoms with Crippen molar-refractivity contribution in [2.24, 2.45) is 5.73 Å². The van der Waals surface area contributed by atoms with Gasteiger partial charge in [-0.15, -0.1) is 0 Å². The van der Waals surface area contributed by atoms with Crippen LogP contribution < -0.4 is 11.1 Å². The number of hydrogen-bond donors (Lipinski definition) is 4. The van der Waals surface area contributed by atoms with Crippen molar-refractivity contribution in [1.82, 2.24) is 5.32 Å². The van der Waals surface area contributed by atoms with Crippen LogP contribution in [0, 0.1) is 0 Å². The van der Waals surface area contributed by atoms with E-state index in [0.29, 0.717) is 6.42 Å². The number of carbonyl (C=O) groups excluding carboxylic acids is 1. The van der Waals surface area contributed by atoms with Gasteiger partial charge in [0.05, 0.1) is 25.1 Å². The summed E-state index contributed by atoms with van der Waals surface area (Å²) >= 11 is 0. The SMILES string of the molecule is CC[C@H](CO)NC(=O)C(N)CC(=O)O. The van der Waals surface area contributed by atoms with Gasteiger partial charge in [0.15, 0.2) is 0 Å². The van der Waals surface area contributed by atoms with Crippen LogP contribution in [0.5, 0.6) is 0 Å². The highest BCUT2D eigenvalue weighted by molar-refractivity contribution is 5.86. The molecule has 6 heteroatoms. The lowest BCUT2D eigenvalue weighted by Gasteiger charge is -2.16. The van der Waals surface area contributed by atoms with Crippen LogP contribution in [0.25, 0.3) is 0 Å². The van der Waals surface area contributed by atoms with E-state index in [9.17, 15) is 9.59 Å². The molecule has 2 atom stereocenters. The van der Waals surface area contributed by atoms with Crippen molar-refractivity contribution in [2.75, 3.05) is 6.61 Å². The van der Waals surface area contributed by atoms with Gasteiger partial charge in [-0.3, -0.25) is 9.59 Å². The molecule has 0 aromatic carbocycles. The van der Waals surface area contributed by atoms with Crippen molar-refractivity contribution in [2.45, 2.75) is 31.8 Å². The van der Waals surface area contributed by atoms with Gasteiger partial charge in [-0.05, 0) is 6.42 Å². The predicted octanol–water partition coefficient (Wildman–Crippen LogP) is -1.32. The number of hydrogen-bond acceptors (Lipinski definition) is 4. The van der Waals surface area contributed by atoms with E-state index in [2.05, 4.69) is 5.32 Å². The van der Waals surface area contributed by atoms with Gasteiger partial charge in [0.1, 0.15) is 0 Å². The third-order valence-corrected chi connectivity index (χ3v) is 1.79. The van der Waals surface area contributed by atoms with E-state index in [1.165, 1.54) is 0 Å². The maximum absolute atomic E-state index is 11.2. The Morgan fingerprint density at radius 2 is 2.07 bits per heavy atom. The van der Waals surface area contributed by atoms with Crippen molar-refractivity contribution in [3.8, 4) is 0 Å². The summed E-state index contributed by atoms with van der Waals surface area (Å²) in [6, 6.07) is -1.42. The van der Waals surface area contributed by atoms with Gasteiger partial charge < -0.3 is 21.3 Å². The molecule has 0 aromatic heterocycles. The first kappa shape index (κ1) is 12.9. The molecule has 5 N–H and O–H groups in total. The predicted molar refractivity (Wildman–Crippen MR) is 49.5 cm³/mol. The average Bonchev–Trinajstić information content (AvgIpc) is 2.12. The van der Waals surface area contributed by atoms with E-state index in [1.54, 1.807) is 6.92 Å². The zero-order valence-electron chi connectivity index (χ0n) is 8.06. The van der Waals surface area contributed by atoms with E-state index in [1.807, 2.05) is 0 Å². The molecule has 0 heterocycles. The van der Waals surface area contributed by atoms with Gasteiger partial charge >= 0.3 is 5.97 Å². The van der Waals surface area contributed by atoms with E-state index in [-0.39, 0.29) is 12.6 Å². The molecule has 82 valence electrons. The fourth-order valence-corrected chi connectivity index (χ4v) is 0.866. The normalized spacial score (nSPS) is 14.5. The second kappa shape index (κ2) is 6.33. The fraction of sp³-hybridized carbons (Fsp3) is 0.750. The number of aliphatic hydroxyl groups is 1. The first-order valence-electron chi connectivity index (χ1n) is 4.39. The summed E-state index contributed by atoms with van der Waals surface area (Å²) in [4.78, 5) is 21.4. The number of aliphatic carboxylic acids is 1. The number of carboxylic acids is 1. The minimum atomic E-state index is -1.12. The van der Waals surface area contributed by atoms with Crippen molar-refractivity contribution in [3.63, 3.8) is 0 Å². The number of aliphatic hydroxyl groups excluding tert-OH is 1. The maximum Gasteiger partial charge on any atom is 0.305 e. The topological polar surface area (TPSA) is 113 Å². The molecule has 14 heavy (non-hydrogen) atoms. The maximum atomic E-state index is 11.2. The lowest BCUT2D eigenvalue weighted by atomic mass is 10.1. The van der Waals surface area contributed by atoms with Crippen molar-refractivity contribution >= 4 is 11.9 Å². The largest absolute Gasteiger partial charge is 0.481 e. The molecular weight excluding hydrogens is 188 g/mol. The standard InChI is InChI=1S/C8H16N2O4/c1-2-5(4-11)10-8(14)6(9)3-7(12)13/h5-6,11H,2-4,9H2,1H3,(H,10,14)(H,12,13)/t5-,6?/m1/s1. The minimum absolute atomic E-state index is 0.179. The Morgan fingerprint density at radius 3 is 2.43 bits per heavy atom. The van der Waals surface area contributed by atoms with E-state index in [4.69, 9.17) is 15.9 Å². The summed E-state index contributed by atoms with van der Waals surface area (Å²) in [5.74, 6) is -1.67. The molecule has 1 amide bonds. The highest BCUT2D eigenvalue weighted by Crippen LogP contribution is 1.93. The van der Waals surface area contributed by atoms with Gasteiger partial charge in [-0.25, -0.2) is 0 Å². The first-order chi connectivity index (χ1) is 6.51. The van der Waals surface area contributed by atoms with Crippen molar-refractivity contribution < 1.29 is 19.8 Å². The van der Waals surface area contributed by atoms with Crippen LogP contribution in [-0.2, 0) is 9.59 Å². The Hall–Kier alpha value is -1.14. The Kier molecular flexibility index (Phi) is 5.82. The van der Waals surface area contributed by atoms with Crippen LogP contribution in [0.2, 0.25) is 0 Å². The summed E-state index contributed by atoms with van der Waals surface area (Å²) in [6.45, 7) is 1.62. The summed E-state index contributed by atoms with van der Waals surface area (Å²) < 4.78 is 0.